The number of hydrogen-bond acceptors (Lipinski definition) is 3. The van der Waals surface area contributed by atoms with Crippen molar-refractivity contribution in [3.8, 4) is 0 Å². The van der Waals surface area contributed by atoms with Crippen LogP contribution in [0.2, 0.25) is 5.02 Å². The number of aliphatic imine (C=N–C) groups is 1. The fourth-order valence-corrected chi connectivity index (χ4v) is 2.64. The summed E-state index contributed by atoms with van der Waals surface area (Å²) in [6, 6.07) is 5.94. The molecular weight excluding hydrogens is 287 g/mol. The van der Waals surface area contributed by atoms with Crippen LogP contribution in [-0.4, -0.2) is 24.7 Å². The van der Waals surface area contributed by atoms with E-state index in [9.17, 15) is 0 Å². The first kappa shape index (κ1) is 15.4. The van der Waals surface area contributed by atoms with E-state index in [1.165, 1.54) is 4.90 Å². The van der Waals surface area contributed by atoms with Crippen LogP contribution < -0.4 is 5.32 Å². The molecule has 1 aromatic rings. The van der Waals surface area contributed by atoms with E-state index in [1.807, 2.05) is 25.1 Å². The van der Waals surface area contributed by atoms with Crippen LogP contribution in [0.1, 0.15) is 12.5 Å². The maximum atomic E-state index is 6.05. The molecule has 98 valence electrons. The van der Waals surface area contributed by atoms with Gasteiger partial charge in [0.05, 0.1) is 6.54 Å². The Labute approximate surface area is 123 Å². The molecule has 5 heteroatoms. The van der Waals surface area contributed by atoms with E-state index < -0.39 is 0 Å². The van der Waals surface area contributed by atoms with Crippen molar-refractivity contribution in [2.75, 3.05) is 18.8 Å². The summed E-state index contributed by atoms with van der Waals surface area (Å²) in [5, 5.41) is 4.03. The Morgan fingerprint density at radius 3 is 2.94 bits per heavy atom. The van der Waals surface area contributed by atoms with Gasteiger partial charge in [0.25, 0.3) is 0 Å². The summed E-state index contributed by atoms with van der Waals surface area (Å²) >= 11 is 7.82. The summed E-state index contributed by atoms with van der Waals surface area (Å²) in [6.07, 6.45) is 0. The van der Waals surface area contributed by atoms with Crippen LogP contribution in [0.5, 0.6) is 0 Å². The van der Waals surface area contributed by atoms with E-state index in [0.29, 0.717) is 0 Å². The van der Waals surface area contributed by atoms with Gasteiger partial charge in [-0.25, -0.2) is 0 Å². The largest absolute Gasteiger partial charge is 0.368 e. The van der Waals surface area contributed by atoms with Gasteiger partial charge in [-0.05, 0) is 25.1 Å². The zero-order valence-corrected chi connectivity index (χ0v) is 12.6. The van der Waals surface area contributed by atoms with Crippen molar-refractivity contribution in [2.24, 2.45) is 4.99 Å². The molecule has 0 fully saturated rings. The Balaban J connectivity index is 0.00000162. The van der Waals surface area contributed by atoms with Crippen molar-refractivity contribution < 1.29 is 0 Å². The Kier molecular flexibility index (Phi) is 6.06. The van der Waals surface area contributed by atoms with Gasteiger partial charge in [0.15, 0.2) is 0 Å². The second-order valence-electron chi connectivity index (χ2n) is 4.04. The van der Waals surface area contributed by atoms with E-state index in [4.69, 9.17) is 11.6 Å². The molecule has 2 nitrogen and oxygen atoms in total. The maximum Gasteiger partial charge on any atom is 0.129 e. The van der Waals surface area contributed by atoms with Crippen LogP contribution in [0.15, 0.2) is 40.2 Å². The zero-order valence-electron chi connectivity index (χ0n) is 10.2. The van der Waals surface area contributed by atoms with Crippen LogP contribution in [0.3, 0.4) is 0 Å². The zero-order chi connectivity index (χ0) is 12.3. The van der Waals surface area contributed by atoms with Crippen LogP contribution in [0.25, 0.3) is 0 Å². The second kappa shape index (κ2) is 7.07. The maximum absolute atomic E-state index is 6.05. The van der Waals surface area contributed by atoms with E-state index in [0.717, 1.165) is 40.8 Å². The van der Waals surface area contributed by atoms with Gasteiger partial charge in [-0.1, -0.05) is 23.8 Å². The van der Waals surface area contributed by atoms with Gasteiger partial charge in [0.2, 0.25) is 0 Å². The number of thioether (sulfide) groups is 1. The van der Waals surface area contributed by atoms with Crippen LogP contribution >= 0.6 is 35.8 Å². The molecule has 0 radical (unpaired) electrons. The lowest BCUT2D eigenvalue weighted by Crippen LogP contribution is -2.20. The molecule has 0 amide bonds. The molecule has 1 N–H and O–H groups in total. The van der Waals surface area contributed by atoms with E-state index in [2.05, 4.69) is 16.9 Å². The molecular formula is C13H16Cl2N2S. The monoisotopic (exact) mass is 302 g/mol. The minimum Gasteiger partial charge on any atom is -0.368 e. The Bertz CT molecular complexity index is 472. The van der Waals surface area contributed by atoms with Crippen molar-refractivity contribution in [3.05, 3.63) is 40.9 Å². The number of nitrogens with zero attached hydrogens (tertiary/aromatic N) is 1. The summed E-state index contributed by atoms with van der Waals surface area (Å²) in [6.45, 7) is 7.71. The van der Waals surface area contributed by atoms with Gasteiger partial charge >= 0.3 is 0 Å². The number of amidine groups is 1. The van der Waals surface area contributed by atoms with Crippen molar-refractivity contribution in [1.82, 2.24) is 5.32 Å². The van der Waals surface area contributed by atoms with Gasteiger partial charge in [-0.3, -0.25) is 4.99 Å². The molecule has 0 spiro atoms. The summed E-state index contributed by atoms with van der Waals surface area (Å²) in [7, 11) is 0. The third-order valence-corrected chi connectivity index (χ3v) is 3.88. The quantitative estimate of drug-likeness (QED) is 0.676. The average Bonchev–Trinajstić information content (AvgIpc) is 2.80. The third kappa shape index (κ3) is 3.94. The lowest BCUT2D eigenvalue weighted by molar-refractivity contribution is 0.959. The Morgan fingerprint density at radius 1 is 1.56 bits per heavy atom. The van der Waals surface area contributed by atoms with E-state index in [-0.39, 0.29) is 12.4 Å². The van der Waals surface area contributed by atoms with Gasteiger partial charge in [0, 0.05) is 27.8 Å². The molecule has 1 aliphatic heterocycles. The van der Waals surface area contributed by atoms with E-state index >= 15 is 0 Å². The average molecular weight is 303 g/mol. The molecule has 18 heavy (non-hydrogen) atoms. The molecule has 2 rings (SSSR count). The molecule has 0 aliphatic carbocycles. The molecule has 0 bridgehead atoms. The molecule has 0 saturated heterocycles. The van der Waals surface area contributed by atoms with Crippen LogP contribution in [0.4, 0.5) is 0 Å². The lowest BCUT2D eigenvalue weighted by Gasteiger charge is -2.10. The first-order valence-corrected chi connectivity index (χ1v) is 6.88. The van der Waals surface area contributed by atoms with Crippen LogP contribution in [-0.2, 0) is 0 Å². The highest BCUT2D eigenvalue weighted by molar-refractivity contribution is 7.99. The fraction of sp³-hybridized carbons (Fsp3) is 0.308. The molecule has 1 aromatic carbocycles. The highest BCUT2D eigenvalue weighted by atomic mass is 35.5. The number of halogens is 2. The molecule has 1 aliphatic rings. The van der Waals surface area contributed by atoms with E-state index in [1.54, 1.807) is 11.8 Å². The normalized spacial score (nSPS) is 13.6. The Hall–Kier alpha value is -0.640. The smallest absolute Gasteiger partial charge is 0.129 e. The first-order chi connectivity index (χ1) is 8.16. The minimum atomic E-state index is 0. The molecule has 1 heterocycles. The topological polar surface area (TPSA) is 24.4 Å². The fourth-order valence-electron chi connectivity index (χ4n) is 1.59. The highest BCUT2D eigenvalue weighted by Crippen LogP contribution is 2.27. The first-order valence-electron chi connectivity index (χ1n) is 5.52. The summed E-state index contributed by atoms with van der Waals surface area (Å²) in [4.78, 5) is 5.65. The predicted molar refractivity (Wildman–Crippen MR) is 83.6 cm³/mol. The standard InChI is InChI=1S/C13H15ClN2S.ClH/c1-9(2)8-17-12-4-3-10(14)7-11(12)13-15-5-6-16-13;/h3-4,7H,1,5-6,8H2,2H3,(H,15,16);1H. The van der Waals surface area contributed by atoms with Crippen molar-refractivity contribution in [3.63, 3.8) is 0 Å². The van der Waals surface area contributed by atoms with Gasteiger partial charge in [0.1, 0.15) is 5.84 Å². The number of nitrogens with one attached hydrogen (secondary N) is 1. The summed E-state index contributed by atoms with van der Waals surface area (Å²) in [5.41, 5.74) is 2.26. The molecule has 0 aromatic heterocycles. The van der Waals surface area contributed by atoms with Crippen LogP contribution in [0, 0.1) is 0 Å². The van der Waals surface area contributed by atoms with Gasteiger partial charge in [-0.2, -0.15) is 0 Å². The molecule has 0 unspecified atom stereocenters. The SMILES string of the molecule is C=C(C)CSc1ccc(Cl)cc1C1=NCCN1.Cl. The third-order valence-electron chi connectivity index (χ3n) is 2.34. The van der Waals surface area contributed by atoms with Crippen molar-refractivity contribution in [1.29, 1.82) is 0 Å². The number of benzene rings is 1. The molecule has 0 saturated carbocycles. The number of hydrogen-bond donors (Lipinski definition) is 1. The summed E-state index contributed by atoms with van der Waals surface area (Å²) in [5.74, 6) is 1.87. The van der Waals surface area contributed by atoms with Gasteiger partial charge in [-0.15, -0.1) is 24.2 Å². The number of rotatable bonds is 4. The summed E-state index contributed by atoms with van der Waals surface area (Å²) < 4.78 is 0. The van der Waals surface area contributed by atoms with Crippen molar-refractivity contribution >= 4 is 41.6 Å². The van der Waals surface area contributed by atoms with Crippen molar-refractivity contribution in [2.45, 2.75) is 11.8 Å². The van der Waals surface area contributed by atoms with Gasteiger partial charge < -0.3 is 5.32 Å². The minimum absolute atomic E-state index is 0. The highest BCUT2D eigenvalue weighted by Gasteiger charge is 2.13. The predicted octanol–water partition coefficient (Wildman–Crippen LogP) is 3.78. The Morgan fingerprint density at radius 2 is 2.33 bits per heavy atom. The second-order valence-corrected chi connectivity index (χ2v) is 5.50. The lowest BCUT2D eigenvalue weighted by atomic mass is 10.2. The molecule has 0 atom stereocenters.